The fourth-order valence-corrected chi connectivity index (χ4v) is 4.18. The summed E-state index contributed by atoms with van der Waals surface area (Å²) >= 11 is 6.28. The van der Waals surface area contributed by atoms with Crippen LogP contribution in [-0.2, 0) is 10.0 Å². The highest BCUT2D eigenvalue weighted by molar-refractivity contribution is 7.94. The van der Waals surface area contributed by atoms with Gasteiger partial charge in [0.2, 0.25) is 0 Å². The second kappa shape index (κ2) is 5.88. The average molecular weight is 349 g/mol. The number of nitrogens with zero attached hydrogens (tertiary/aromatic N) is 1. The second-order valence-electron chi connectivity index (χ2n) is 3.82. The number of sulfonamides is 1. The number of rotatable bonds is 5. The van der Waals surface area contributed by atoms with Crippen molar-refractivity contribution in [1.29, 1.82) is 0 Å². The van der Waals surface area contributed by atoms with Crippen molar-refractivity contribution in [3.63, 3.8) is 0 Å². The number of hydrogen-bond acceptors (Lipinski definition) is 6. The molecule has 0 atom stereocenters. The first-order valence-electron chi connectivity index (χ1n) is 5.44. The molecular weight excluding hydrogens is 340 g/mol. The van der Waals surface area contributed by atoms with Gasteiger partial charge in [0.25, 0.3) is 15.7 Å². The zero-order valence-corrected chi connectivity index (χ0v) is 13.0. The van der Waals surface area contributed by atoms with Gasteiger partial charge in [-0.3, -0.25) is 14.8 Å². The zero-order chi connectivity index (χ0) is 15.6. The van der Waals surface area contributed by atoms with Gasteiger partial charge in [-0.15, -0.1) is 11.3 Å². The quantitative estimate of drug-likeness (QED) is 0.661. The van der Waals surface area contributed by atoms with Crippen LogP contribution >= 0.6 is 22.9 Å². The minimum absolute atomic E-state index is 0.185. The maximum Gasteiger partial charge on any atom is 0.300 e. The number of nitrogens with one attached hydrogen (secondary N) is 1. The van der Waals surface area contributed by atoms with Crippen LogP contribution in [0.1, 0.15) is 0 Å². The van der Waals surface area contributed by atoms with E-state index >= 15 is 0 Å². The Morgan fingerprint density at radius 3 is 2.43 bits per heavy atom. The smallest absolute Gasteiger partial charge is 0.300 e. The first kappa shape index (κ1) is 15.5. The third kappa shape index (κ3) is 3.43. The summed E-state index contributed by atoms with van der Waals surface area (Å²) in [6, 6.07) is 7.13. The van der Waals surface area contributed by atoms with Gasteiger partial charge in [0.15, 0.2) is 4.34 Å². The summed E-state index contributed by atoms with van der Waals surface area (Å²) in [4.78, 5) is 9.96. The van der Waals surface area contributed by atoms with Gasteiger partial charge in [0.05, 0.1) is 12.0 Å². The molecule has 1 aromatic heterocycles. The Hall–Kier alpha value is -1.84. The normalized spacial score (nSPS) is 11.1. The molecule has 0 aliphatic heterocycles. The van der Waals surface area contributed by atoms with Crippen molar-refractivity contribution in [2.45, 2.75) is 4.21 Å². The molecule has 1 heterocycles. The molecule has 0 bridgehead atoms. The van der Waals surface area contributed by atoms with Gasteiger partial charge < -0.3 is 4.74 Å². The van der Waals surface area contributed by atoms with Gasteiger partial charge in [-0.2, -0.15) is 0 Å². The number of halogens is 1. The molecule has 10 heteroatoms. The lowest BCUT2D eigenvalue weighted by Gasteiger charge is -2.06. The lowest BCUT2D eigenvalue weighted by Crippen LogP contribution is -2.11. The third-order valence-corrected chi connectivity index (χ3v) is 5.64. The van der Waals surface area contributed by atoms with E-state index in [1.165, 1.54) is 19.2 Å². The predicted molar refractivity (Wildman–Crippen MR) is 79.8 cm³/mol. The number of ether oxygens (including phenoxy) is 1. The van der Waals surface area contributed by atoms with Gasteiger partial charge in [0.1, 0.15) is 9.96 Å². The van der Waals surface area contributed by atoms with E-state index in [-0.39, 0.29) is 8.55 Å². The van der Waals surface area contributed by atoms with E-state index in [2.05, 4.69) is 4.72 Å². The summed E-state index contributed by atoms with van der Waals surface area (Å²) in [6.45, 7) is 0. The summed E-state index contributed by atoms with van der Waals surface area (Å²) in [5.41, 5.74) is -0.125. The fraction of sp³-hybridized carbons (Fsp3) is 0.0909. The Kier molecular flexibility index (Phi) is 4.35. The second-order valence-corrected chi connectivity index (χ2v) is 7.38. The van der Waals surface area contributed by atoms with Crippen LogP contribution in [0.5, 0.6) is 5.75 Å². The lowest BCUT2D eigenvalue weighted by molar-refractivity contribution is -0.384. The molecule has 0 aliphatic carbocycles. The molecule has 0 unspecified atom stereocenters. The van der Waals surface area contributed by atoms with Gasteiger partial charge in [-0.1, -0.05) is 11.6 Å². The van der Waals surface area contributed by atoms with Crippen LogP contribution in [0.4, 0.5) is 11.4 Å². The standard InChI is InChI=1S/C11H9ClN2O5S2/c1-19-8-4-2-7(3-5-8)13-21(17,18)10-6-9(14(15)16)11(12)20-10/h2-6,13H,1H3. The van der Waals surface area contributed by atoms with Crippen molar-refractivity contribution in [3.8, 4) is 5.75 Å². The maximum atomic E-state index is 12.1. The minimum Gasteiger partial charge on any atom is -0.497 e. The molecular formula is C11H9ClN2O5S2. The highest BCUT2D eigenvalue weighted by Crippen LogP contribution is 2.36. The van der Waals surface area contributed by atoms with E-state index in [1.807, 2.05) is 0 Å². The first-order chi connectivity index (χ1) is 9.83. The van der Waals surface area contributed by atoms with Gasteiger partial charge >= 0.3 is 0 Å². The molecule has 7 nitrogen and oxygen atoms in total. The molecule has 0 radical (unpaired) electrons. The number of anilines is 1. The van der Waals surface area contributed by atoms with Crippen LogP contribution in [0.15, 0.2) is 34.5 Å². The van der Waals surface area contributed by atoms with E-state index in [0.29, 0.717) is 22.8 Å². The van der Waals surface area contributed by atoms with Gasteiger partial charge in [-0.25, -0.2) is 8.42 Å². The number of benzene rings is 1. The van der Waals surface area contributed by atoms with Crippen molar-refractivity contribution in [3.05, 3.63) is 44.8 Å². The predicted octanol–water partition coefficient (Wildman–Crippen LogP) is 3.12. The molecule has 0 fully saturated rings. The number of thiophene rings is 1. The van der Waals surface area contributed by atoms with E-state index < -0.39 is 20.6 Å². The highest BCUT2D eigenvalue weighted by Gasteiger charge is 2.25. The molecule has 0 saturated carbocycles. The van der Waals surface area contributed by atoms with E-state index in [9.17, 15) is 18.5 Å². The van der Waals surface area contributed by atoms with E-state index in [0.717, 1.165) is 6.07 Å². The molecule has 112 valence electrons. The highest BCUT2D eigenvalue weighted by atomic mass is 35.5. The summed E-state index contributed by atoms with van der Waals surface area (Å²) in [6.07, 6.45) is 0. The minimum atomic E-state index is -3.93. The Bertz CT molecular complexity index is 770. The lowest BCUT2D eigenvalue weighted by atomic mass is 10.3. The zero-order valence-electron chi connectivity index (χ0n) is 10.6. The molecule has 2 rings (SSSR count). The number of hydrogen-bond donors (Lipinski definition) is 1. The van der Waals surface area contributed by atoms with Crippen molar-refractivity contribution < 1.29 is 18.1 Å². The van der Waals surface area contributed by atoms with Crippen molar-refractivity contribution >= 4 is 44.3 Å². The Morgan fingerprint density at radius 1 is 1.33 bits per heavy atom. The van der Waals surface area contributed by atoms with Crippen LogP contribution < -0.4 is 9.46 Å². The Balaban J connectivity index is 2.29. The van der Waals surface area contributed by atoms with Crippen LogP contribution in [0.25, 0.3) is 0 Å². The summed E-state index contributed by atoms with van der Waals surface area (Å²) < 4.78 is 31.1. The molecule has 1 aromatic carbocycles. The Labute approximate surface area is 129 Å². The fourth-order valence-electron chi connectivity index (χ4n) is 1.46. The largest absolute Gasteiger partial charge is 0.497 e. The van der Waals surface area contributed by atoms with Crippen molar-refractivity contribution in [1.82, 2.24) is 0 Å². The molecule has 0 saturated heterocycles. The molecule has 0 spiro atoms. The van der Waals surface area contributed by atoms with Crippen molar-refractivity contribution in [2.75, 3.05) is 11.8 Å². The van der Waals surface area contributed by atoms with Crippen LogP contribution in [-0.4, -0.2) is 20.5 Å². The van der Waals surface area contributed by atoms with Crippen LogP contribution in [0.3, 0.4) is 0 Å². The van der Waals surface area contributed by atoms with Gasteiger partial charge in [0, 0.05) is 11.8 Å². The third-order valence-electron chi connectivity index (χ3n) is 2.45. The monoisotopic (exact) mass is 348 g/mol. The Morgan fingerprint density at radius 2 is 1.95 bits per heavy atom. The number of methoxy groups -OCH3 is 1. The molecule has 0 aliphatic rings. The molecule has 21 heavy (non-hydrogen) atoms. The average Bonchev–Trinajstić information content (AvgIpc) is 2.82. The molecule has 0 amide bonds. The summed E-state index contributed by atoms with van der Waals surface area (Å²) in [7, 11) is -2.44. The number of nitro groups is 1. The van der Waals surface area contributed by atoms with Gasteiger partial charge in [-0.05, 0) is 24.3 Å². The molecule has 1 N–H and O–H groups in total. The first-order valence-corrected chi connectivity index (χ1v) is 8.12. The van der Waals surface area contributed by atoms with E-state index in [4.69, 9.17) is 16.3 Å². The van der Waals surface area contributed by atoms with Crippen LogP contribution in [0.2, 0.25) is 4.34 Å². The molecule has 2 aromatic rings. The maximum absolute atomic E-state index is 12.1. The topological polar surface area (TPSA) is 98.5 Å². The SMILES string of the molecule is COc1ccc(NS(=O)(=O)c2cc([N+](=O)[O-])c(Cl)s2)cc1. The van der Waals surface area contributed by atoms with Crippen molar-refractivity contribution in [2.24, 2.45) is 0 Å². The van der Waals surface area contributed by atoms with Crippen LogP contribution in [0, 0.1) is 10.1 Å². The van der Waals surface area contributed by atoms with E-state index in [1.54, 1.807) is 12.1 Å². The summed E-state index contributed by atoms with van der Waals surface area (Å²) in [5.74, 6) is 0.577. The summed E-state index contributed by atoms with van der Waals surface area (Å²) in [5, 5.41) is 10.7.